The molecule has 0 atom stereocenters. The number of rotatable bonds is 39. The Kier molecular flexibility index (Phi) is 29.1. The Balaban J connectivity index is 0.936. The van der Waals surface area contributed by atoms with E-state index in [1.165, 1.54) is 22.3 Å². The lowest BCUT2D eigenvalue weighted by Crippen LogP contribution is -2.29. The summed E-state index contributed by atoms with van der Waals surface area (Å²) in [4.78, 5) is 12.2. The van der Waals surface area contributed by atoms with E-state index in [1.807, 2.05) is 31.2 Å². The maximum atomic E-state index is 12.2. The highest BCUT2D eigenvalue weighted by molar-refractivity contribution is 5.79. The van der Waals surface area contributed by atoms with E-state index in [-0.39, 0.29) is 12.5 Å². The fourth-order valence-electron chi connectivity index (χ4n) is 5.44. The van der Waals surface area contributed by atoms with Crippen molar-refractivity contribution in [1.82, 2.24) is 5.32 Å². The second kappa shape index (κ2) is 34.3. The molecule has 15 nitrogen and oxygen atoms in total. The van der Waals surface area contributed by atoms with Gasteiger partial charge in [0.25, 0.3) is 0 Å². The number of nitrogens with one attached hydrogen (secondary N) is 1. The number of benzene rings is 2. The summed E-state index contributed by atoms with van der Waals surface area (Å²) >= 11 is 0. The van der Waals surface area contributed by atoms with Crippen LogP contribution in [0.15, 0.2) is 48.5 Å². The molecule has 0 aliphatic heterocycles. The Morgan fingerprint density at radius 3 is 1.04 bits per heavy atom. The molecule has 2 aromatic carbocycles. The number of ether oxygens (including phenoxy) is 13. The fourth-order valence-corrected chi connectivity index (χ4v) is 5.44. The summed E-state index contributed by atoms with van der Waals surface area (Å²) in [5.74, 6) is 0.0360. The van der Waals surface area contributed by atoms with Gasteiger partial charge in [-0.3, -0.25) is 0 Å². The van der Waals surface area contributed by atoms with Gasteiger partial charge in [-0.2, -0.15) is 0 Å². The number of hydrogen-bond acceptors (Lipinski definition) is 14. The third-order valence-corrected chi connectivity index (χ3v) is 8.16. The predicted octanol–water partition coefficient (Wildman–Crippen LogP) is 3.74. The molecule has 2 aromatic rings. The van der Waals surface area contributed by atoms with Gasteiger partial charge in [0.1, 0.15) is 6.61 Å². The number of carbonyl (C=O) groups is 1. The van der Waals surface area contributed by atoms with Crippen molar-refractivity contribution < 1.29 is 66.4 Å². The average Bonchev–Trinajstić information content (AvgIpc) is 3.54. The molecule has 318 valence electrons. The van der Waals surface area contributed by atoms with Gasteiger partial charge in [-0.05, 0) is 29.2 Å². The van der Waals surface area contributed by atoms with Crippen molar-refractivity contribution in [3.05, 3.63) is 59.7 Å². The summed E-state index contributed by atoms with van der Waals surface area (Å²) in [7, 11) is 0. The molecule has 1 amide bonds. The van der Waals surface area contributed by atoms with Gasteiger partial charge in [-0.25, -0.2) is 4.79 Å². The Morgan fingerprint density at radius 2 is 0.714 bits per heavy atom. The first-order valence-corrected chi connectivity index (χ1v) is 19.8. The Labute approximate surface area is 332 Å². The summed E-state index contributed by atoms with van der Waals surface area (Å²) in [6.07, 6.45) is -0.453. The zero-order valence-corrected chi connectivity index (χ0v) is 33.3. The van der Waals surface area contributed by atoms with Crippen molar-refractivity contribution in [2.75, 3.05) is 172 Å². The number of hydrogen-bond donors (Lipinski definition) is 1. The van der Waals surface area contributed by atoms with Gasteiger partial charge in [-0.1, -0.05) is 48.5 Å². The minimum atomic E-state index is -0.453. The minimum absolute atomic E-state index is 0.0360. The molecule has 1 aliphatic rings. The molecule has 1 N–H and O–H groups in total. The van der Waals surface area contributed by atoms with Gasteiger partial charge in [0.2, 0.25) is 0 Å². The minimum Gasteiger partial charge on any atom is -0.449 e. The molecule has 0 radical (unpaired) electrons. The highest BCUT2D eigenvalue weighted by Crippen LogP contribution is 2.44. The van der Waals surface area contributed by atoms with E-state index < -0.39 is 6.09 Å². The van der Waals surface area contributed by atoms with Crippen molar-refractivity contribution >= 4 is 6.09 Å². The van der Waals surface area contributed by atoms with Crippen LogP contribution in [0.2, 0.25) is 0 Å². The fraction of sp³-hybridized carbons (Fsp3) is 0.683. The number of carbonyl (C=O) groups excluding carboxylic acids is 1. The second-order valence-electron chi connectivity index (χ2n) is 12.2. The molecule has 3 rings (SSSR count). The van der Waals surface area contributed by atoms with Crippen LogP contribution in [-0.4, -0.2) is 178 Å². The van der Waals surface area contributed by atoms with E-state index in [0.29, 0.717) is 165 Å². The van der Waals surface area contributed by atoms with E-state index in [0.717, 1.165) is 0 Å². The standard InChI is InChI=1S/C41H65NO14/c1-2-44-13-14-46-17-18-48-21-22-50-25-26-52-29-30-54-33-34-55-32-31-53-28-27-51-24-23-49-20-19-47-16-15-45-12-11-42-41(43)56-35-40-38-9-5-3-7-36(38)37-8-4-6-10-39(37)40/h3-10,40H,2,11-35H2,1H3,(H,42,43). The Bertz CT molecular complexity index is 1180. The Morgan fingerprint density at radius 1 is 0.429 bits per heavy atom. The number of alkyl carbamates (subject to hydrolysis) is 1. The third kappa shape index (κ3) is 22.8. The number of amides is 1. The van der Waals surface area contributed by atoms with Gasteiger partial charge in [0.15, 0.2) is 0 Å². The molecule has 1 aliphatic carbocycles. The zero-order valence-electron chi connectivity index (χ0n) is 33.3. The van der Waals surface area contributed by atoms with Crippen LogP contribution in [0.5, 0.6) is 0 Å². The van der Waals surface area contributed by atoms with Crippen LogP contribution in [0.3, 0.4) is 0 Å². The van der Waals surface area contributed by atoms with Crippen LogP contribution in [0, 0.1) is 0 Å². The summed E-state index contributed by atoms with van der Waals surface area (Å²) in [6.45, 7) is 14.8. The van der Waals surface area contributed by atoms with Gasteiger partial charge in [0, 0.05) is 19.1 Å². The molecule has 0 saturated carbocycles. The molecule has 0 heterocycles. The predicted molar refractivity (Wildman–Crippen MR) is 209 cm³/mol. The van der Waals surface area contributed by atoms with Crippen LogP contribution < -0.4 is 5.32 Å². The monoisotopic (exact) mass is 795 g/mol. The van der Waals surface area contributed by atoms with Crippen LogP contribution in [0.25, 0.3) is 11.1 Å². The van der Waals surface area contributed by atoms with Crippen molar-refractivity contribution in [3.63, 3.8) is 0 Å². The van der Waals surface area contributed by atoms with Gasteiger partial charge < -0.3 is 66.9 Å². The Hall–Kier alpha value is -2.77. The third-order valence-electron chi connectivity index (χ3n) is 8.16. The number of fused-ring (bicyclic) bond motifs is 3. The highest BCUT2D eigenvalue weighted by atomic mass is 16.6. The summed E-state index contributed by atoms with van der Waals surface area (Å²) in [5.41, 5.74) is 4.77. The molecule has 0 fully saturated rings. The molecular weight excluding hydrogens is 730 g/mol. The van der Waals surface area contributed by atoms with Gasteiger partial charge in [-0.15, -0.1) is 0 Å². The van der Waals surface area contributed by atoms with Crippen molar-refractivity contribution in [2.24, 2.45) is 0 Å². The van der Waals surface area contributed by atoms with E-state index >= 15 is 0 Å². The SMILES string of the molecule is CCOCCOCCOCCOCCOCCOCCOCCOCCOCCOCCOCCOCCNC(=O)OCC1c2ccccc2-c2ccccc21. The molecule has 0 saturated heterocycles. The zero-order chi connectivity index (χ0) is 39.4. The smallest absolute Gasteiger partial charge is 0.407 e. The molecular formula is C41H65NO14. The summed E-state index contributed by atoms with van der Waals surface area (Å²) in [5, 5.41) is 2.74. The lowest BCUT2D eigenvalue weighted by atomic mass is 9.98. The van der Waals surface area contributed by atoms with Crippen LogP contribution in [-0.2, 0) is 61.6 Å². The molecule has 0 bridgehead atoms. The second-order valence-corrected chi connectivity index (χ2v) is 12.2. The van der Waals surface area contributed by atoms with Crippen molar-refractivity contribution in [2.45, 2.75) is 12.8 Å². The average molecular weight is 796 g/mol. The van der Waals surface area contributed by atoms with Crippen LogP contribution >= 0.6 is 0 Å². The van der Waals surface area contributed by atoms with E-state index in [2.05, 4.69) is 29.6 Å². The van der Waals surface area contributed by atoms with Gasteiger partial charge in [0.05, 0.1) is 152 Å². The maximum Gasteiger partial charge on any atom is 0.407 e. The quantitative estimate of drug-likeness (QED) is 0.0980. The molecule has 0 spiro atoms. The van der Waals surface area contributed by atoms with E-state index in [1.54, 1.807) is 0 Å². The van der Waals surface area contributed by atoms with Gasteiger partial charge >= 0.3 is 6.09 Å². The first kappa shape index (κ1) is 47.6. The van der Waals surface area contributed by atoms with Crippen LogP contribution in [0.4, 0.5) is 4.79 Å². The molecule has 0 aromatic heterocycles. The lowest BCUT2D eigenvalue weighted by molar-refractivity contribution is -0.0282. The first-order valence-electron chi connectivity index (χ1n) is 19.8. The first-order chi connectivity index (χ1) is 27.8. The normalized spacial score (nSPS) is 12.2. The van der Waals surface area contributed by atoms with E-state index in [4.69, 9.17) is 61.6 Å². The maximum absolute atomic E-state index is 12.2. The summed E-state index contributed by atoms with van der Waals surface area (Å²) < 4.78 is 71.0. The largest absolute Gasteiger partial charge is 0.449 e. The van der Waals surface area contributed by atoms with Crippen molar-refractivity contribution in [1.29, 1.82) is 0 Å². The van der Waals surface area contributed by atoms with E-state index in [9.17, 15) is 4.79 Å². The van der Waals surface area contributed by atoms with Crippen LogP contribution in [0.1, 0.15) is 24.0 Å². The summed E-state index contributed by atoms with van der Waals surface area (Å²) in [6, 6.07) is 16.5. The molecule has 0 unspecified atom stereocenters. The lowest BCUT2D eigenvalue weighted by Gasteiger charge is -2.14. The molecule has 15 heteroatoms. The van der Waals surface area contributed by atoms with Crippen molar-refractivity contribution in [3.8, 4) is 11.1 Å². The molecule has 56 heavy (non-hydrogen) atoms. The highest BCUT2D eigenvalue weighted by Gasteiger charge is 2.28. The topological polar surface area (TPSA) is 149 Å².